The molecule has 1 aromatic rings. The first kappa shape index (κ1) is 17.9. The van der Waals surface area contributed by atoms with Crippen LogP contribution in [0.4, 0.5) is 5.69 Å². The molecule has 2 aliphatic rings. The minimum absolute atomic E-state index is 0.0746. The van der Waals surface area contributed by atoms with Crippen molar-refractivity contribution in [2.45, 2.75) is 45.1 Å². The van der Waals surface area contributed by atoms with Gasteiger partial charge in [-0.3, -0.25) is 19.8 Å². The van der Waals surface area contributed by atoms with Crippen LogP contribution in [0.15, 0.2) is 24.3 Å². The maximum absolute atomic E-state index is 12.9. The molecule has 2 saturated heterocycles. The fraction of sp³-hybridized carbons (Fsp3) is 0.632. The van der Waals surface area contributed by atoms with Gasteiger partial charge in [0.1, 0.15) is 0 Å². The molecule has 1 unspecified atom stereocenters. The molecule has 0 bridgehead atoms. The summed E-state index contributed by atoms with van der Waals surface area (Å²) in [6, 6.07) is 6.82. The van der Waals surface area contributed by atoms with Crippen LogP contribution in [0.3, 0.4) is 0 Å². The van der Waals surface area contributed by atoms with Crippen molar-refractivity contribution in [3.8, 4) is 0 Å². The van der Waals surface area contributed by atoms with Gasteiger partial charge in [0.05, 0.1) is 10.8 Å². The molecule has 3 rings (SSSR count). The molecule has 0 spiro atoms. The molecule has 0 radical (unpaired) electrons. The van der Waals surface area contributed by atoms with Crippen LogP contribution in [-0.2, 0) is 11.3 Å². The second-order valence-corrected chi connectivity index (χ2v) is 7.24. The highest BCUT2D eigenvalue weighted by Gasteiger charge is 2.29. The molecule has 0 N–H and O–H groups in total. The van der Waals surface area contributed by atoms with Crippen LogP contribution >= 0.6 is 0 Å². The minimum atomic E-state index is -0.356. The molecule has 1 amide bonds. The molecule has 1 aromatic carbocycles. The molecule has 0 aliphatic carbocycles. The second kappa shape index (κ2) is 8.43. The van der Waals surface area contributed by atoms with Crippen molar-refractivity contribution in [2.75, 3.05) is 26.2 Å². The highest BCUT2D eigenvalue weighted by atomic mass is 16.6. The van der Waals surface area contributed by atoms with E-state index in [0.29, 0.717) is 12.5 Å². The van der Waals surface area contributed by atoms with Crippen LogP contribution in [0, 0.1) is 16.0 Å². The number of non-ortho nitro benzene ring substituents is 1. The third-order valence-corrected chi connectivity index (χ3v) is 5.30. The zero-order chi connectivity index (χ0) is 17.6. The molecule has 6 heteroatoms. The Balaban J connectivity index is 1.60. The topological polar surface area (TPSA) is 66.7 Å². The van der Waals surface area contributed by atoms with E-state index in [1.807, 2.05) is 6.07 Å². The number of carbonyl (C=O) groups is 1. The number of rotatable bonds is 4. The summed E-state index contributed by atoms with van der Waals surface area (Å²) in [5, 5.41) is 10.9. The van der Waals surface area contributed by atoms with E-state index in [0.717, 1.165) is 57.4 Å². The Morgan fingerprint density at radius 3 is 2.60 bits per heavy atom. The van der Waals surface area contributed by atoms with E-state index in [9.17, 15) is 14.9 Å². The molecule has 25 heavy (non-hydrogen) atoms. The summed E-state index contributed by atoms with van der Waals surface area (Å²) in [6.07, 6.45) is 6.67. The van der Waals surface area contributed by atoms with Gasteiger partial charge in [-0.15, -0.1) is 0 Å². The summed E-state index contributed by atoms with van der Waals surface area (Å²) in [6.45, 7) is 4.19. The van der Waals surface area contributed by atoms with Gasteiger partial charge >= 0.3 is 0 Å². The number of nitro groups is 1. The van der Waals surface area contributed by atoms with Crippen LogP contribution in [-0.4, -0.2) is 46.8 Å². The number of nitrogens with zero attached hydrogens (tertiary/aromatic N) is 3. The van der Waals surface area contributed by atoms with Crippen molar-refractivity contribution in [1.29, 1.82) is 0 Å². The summed E-state index contributed by atoms with van der Waals surface area (Å²) >= 11 is 0. The van der Waals surface area contributed by atoms with Gasteiger partial charge in [0.2, 0.25) is 5.91 Å². The van der Waals surface area contributed by atoms with Crippen LogP contribution in [0.2, 0.25) is 0 Å². The number of amides is 1. The van der Waals surface area contributed by atoms with E-state index >= 15 is 0 Å². The molecule has 0 aromatic heterocycles. The maximum atomic E-state index is 12.9. The van der Waals surface area contributed by atoms with E-state index < -0.39 is 0 Å². The first-order valence-corrected chi connectivity index (χ1v) is 9.38. The lowest BCUT2D eigenvalue weighted by atomic mass is 9.96. The quantitative estimate of drug-likeness (QED) is 0.621. The van der Waals surface area contributed by atoms with Gasteiger partial charge < -0.3 is 4.90 Å². The second-order valence-electron chi connectivity index (χ2n) is 7.24. The molecule has 0 saturated carbocycles. The Morgan fingerprint density at radius 2 is 1.88 bits per heavy atom. The summed E-state index contributed by atoms with van der Waals surface area (Å²) in [7, 11) is 0. The number of carbonyl (C=O) groups excluding carboxylic acids is 1. The molecule has 136 valence electrons. The molecule has 1 atom stereocenters. The zero-order valence-electron chi connectivity index (χ0n) is 14.7. The fourth-order valence-corrected chi connectivity index (χ4v) is 3.98. The smallest absolute Gasteiger partial charge is 0.269 e. The van der Waals surface area contributed by atoms with E-state index in [2.05, 4.69) is 9.80 Å². The minimum Gasteiger partial charge on any atom is -0.342 e. The largest absolute Gasteiger partial charge is 0.342 e. The summed E-state index contributed by atoms with van der Waals surface area (Å²) < 4.78 is 0. The van der Waals surface area contributed by atoms with Crippen LogP contribution < -0.4 is 0 Å². The Kier molecular flexibility index (Phi) is 6.02. The SMILES string of the molecule is O=C(C1CCCN(Cc2cccc([N+](=O)[O-])c2)C1)N1CCCCCC1. The molecule has 6 nitrogen and oxygen atoms in total. The Hall–Kier alpha value is -1.95. The Bertz CT molecular complexity index is 612. The normalized spacial score (nSPS) is 22.4. The van der Waals surface area contributed by atoms with Crippen molar-refractivity contribution in [3.63, 3.8) is 0 Å². The zero-order valence-corrected chi connectivity index (χ0v) is 14.7. The monoisotopic (exact) mass is 345 g/mol. The average molecular weight is 345 g/mol. The number of hydrogen-bond donors (Lipinski definition) is 0. The number of benzene rings is 1. The predicted molar refractivity (Wildman–Crippen MR) is 96.1 cm³/mol. The van der Waals surface area contributed by atoms with Gasteiger partial charge in [-0.2, -0.15) is 0 Å². The van der Waals surface area contributed by atoms with Crippen LogP contribution in [0.5, 0.6) is 0 Å². The molecular formula is C19H27N3O3. The summed E-state index contributed by atoms with van der Waals surface area (Å²) in [5.41, 5.74) is 1.07. The molecule has 2 heterocycles. The summed E-state index contributed by atoms with van der Waals surface area (Å²) in [4.78, 5) is 27.8. The highest BCUT2D eigenvalue weighted by molar-refractivity contribution is 5.79. The lowest BCUT2D eigenvalue weighted by molar-refractivity contribution is -0.384. The highest BCUT2D eigenvalue weighted by Crippen LogP contribution is 2.23. The van der Waals surface area contributed by atoms with Crippen molar-refractivity contribution in [2.24, 2.45) is 5.92 Å². The number of hydrogen-bond acceptors (Lipinski definition) is 4. The van der Waals surface area contributed by atoms with Crippen molar-refractivity contribution in [1.82, 2.24) is 9.80 Å². The number of nitro benzene ring substituents is 1. The first-order valence-electron chi connectivity index (χ1n) is 9.38. The van der Waals surface area contributed by atoms with Crippen LogP contribution in [0.1, 0.15) is 44.1 Å². The first-order chi connectivity index (χ1) is 12.1. The Labute approximate surface area is 148 Å². The number of likely N-dealkylation sites (tertiary alicyclic amines) is 2. The lowest BCUT2D eigenvalue weighted by Gasteiger charge is -2.34. The number of piperidine rings is 1. The molecular weight excluding hydrogens is 318 g/mol. The maximum Gasteiger partial charge on any atom is 0.269 e. The van der Waals surface area contributed by atoms with Gasteiger partial charge in [-0.25, -0.2) is 0 Å². The lowest BCUT2D eigenvalue weighted by Crippen LogP contribution is -2.44. The van der Waals surface area contributed by atoms with Crippen LogP contribution in [0.25, 0.3) is 0 Å². The Morgan fingerprint density at radius 1 is 1.12 bits per heavy atom. The van der Waals surface area contributed by atoms with E-state index in [-0.39, 0.29) is 16.5 Å². The van der Waals surface area contributed by atoms with Crippen molar-refractivity contribution < 1.29 is 9.72 Å². The van der Waals surface area contributed by atoms with Gasteiger partial charge in [0, 0.05) is 38.3 Å². The van der Waals surface area contributed by atoms with E-state index in [1.54, 1.807) is 12.1 Å². The van der Waals surface area contributed by atoms with Gasteiger partial charge in [-0.1, -0.05) is 25.0 Å². The molecule has 2 fully saturated rings. The fourth-order valence-electron chi connectivity index (χ4n) is 3.98. The standard InChI is InChI=1S/C19H27N3O3/c23-19(21-11-3-1-2-4-12-21)17-8-6-10-20(15-17)14-16-7-5-9-18(13-16)22(24)25/h5,7,9,13,17H,1-4,6,8,10-12,14-15H2. The molecule has 2 aliphatic heterocycles. The summed E-state index contributed by atoms with van der Waals surface area (Å²) in [5.74, 6) is 0.385. The van der Waals surface area contributed by atoms with Gasteiger partial charge in [0.25, 0.3) is 5.69 Å². The third-order valence-electron chi connectivity index (χ3n) is 5.30. The van der Waals surface area contributed by atoms with E-state index in [4.69, 9.17) is 0 Å². The van der Waals surface area contributed by atoms with Crippen molar-refractivity contribution >= 4 is 11.6 Å². The van der Waals surface area contributed by atoms with E-state index in [1.165, 1.54) is 18.9 Å². The average Bonchev–Trinajstić information content (AvgIpc) is 2.91. The predicted octanol–water partition coefficient (Wildman–Crippen LogP) is 3.21. The van der Waals surface area contributed by atoms with Gasteiger partial charge in [-0.05, 0) is 37.8 Å². The third kappa shape index (κ3) is 4.78. The van der Waals surface area contributed by atoms with Crippen molar-refractivity contribution in [3.05, 3.63) is 39.9 Å². The van der Waals surface area contributed by atoms with Gasteiger partial charge in [0.15, 0.2) is 0 Å².